The molecule has 0 fully saturated rings. The van der Waals surface area contributed by atoms with E-state index < -0.39 is 0 Å². The molecular weight excluding hydrogens is 304 g/mol. The van der Waals surface area contributed by atoms with E-state index in [2.05, 4.69) is 41.1 Å². The molecule has 0 bridgehead atoms. The van der Waals surface area contributed by atoms with E-state index in [0.29, 0.717) is 6.61 Å². The zero-order valence-electron chi connectivity index (χ0n) is 11.4. The van der Waals surface area contributed by atoms with Crippen LogP contribution in [0.2, 0.25) is 0 Å². The van der Waals surface area contributed by atoms with E-state index in [1.54, 1.807) is 0 Å². The number of alkyl halides is 1. The number of hydrogen-bond donors (Lipinski definition) is 0. The minimum absolute atomic E-state index is 0.675. The normalized spacial score (nSPS) is 10.7. The van der Waals surface area contributed by atoms with E-state index in [1.165, 1.54) is 0 Å². The van der Waals surface area contributed by atoms with Crippen molar-refractivity contribution in [1.29, 1.82) is 0 Å². The fourth-order valence-electron chi connectivity index (χ4n) is 2.14. The van der Waals surface area contributed by atoms with Gasteiger partial charge >= 0.3 is 0 Å². The molecule has 2 aromatic rings. The molecular formula is C16H19BrO2. The van der Waals surface area contributed by atoms with Gasteiger partial charge in [-0.2, -0.15) is 0 Å². The lowest BCUT2D eigenvalue weighted by Gasteiger charge is -2.15. The summed E-state index contributed by atoms with van der Waals surface area (Å²) < 4.78 is 11.7. The number of benzene rings is 2. The van der Waals surface area contributed by atoms with Crippen LogP contribution in [0.1, 0.15) is 18.9 Å². The van der Waals surface area contributed by atoms with Crippen molar-refractivity contribution in [1.82, 2.24) is 0 Å². The summed E-state index contributed by atoms with van der Waals surface area (Å²) in [5.74, 6) is 1.91. The molecule has 0 heterocycles. The van der Waals surface area contributed by atoms with Crippen molar-refractivity contribution in [3.05, 3.63) is 35.9 Å². The van der Waals surface area contributed by atoms with Gasteiger partial charge in [0, 0.05) is 16.1 Å². The first kappa shape index (κ1) is 14.2. The first-order valence-corrected chi connectivity index (χ1v) is 7.74. The van der Waals surface area contributed by atoms with Crippen LogP contribution in [0.3, 0.4) is 0 Å². The van der Waals surface area contributed by atoms with Gasteiger partial charge < -0.3 is 9.47 Å². The van der Waals surface area contributed by atoms with Crippen LogP contribution in [0.5, 0.6) is 11.5 Å². The molecule has 102 valence electrons. The topological polar surface area (TPSA) is 18.5 Å². The van der Waals surface area contributed by atoms with Gasteiger partial charge in [-0.15, -0.1) is 0 Å². The van der Waals surface area contributed by atoms with Crippen LogP contribution in [-0.2, 0) is 0 Å². The predicted molar refractivity (Wildman–Crippen MR) is 83.8 cm³/mol. The van der Waals surface area contributed by atoms with Crippen LogP contribution in [0, 0.1) is 6.92 Å². The van der Waals surface area contributed by atoms with Crippen LogP contribution < -0.4 is 9.47 Å². The SMILES string of the molecule is CCOc1c(C)cc(OCCCBr)c2ccccc12. The van der Waals surface area contributed by atoms with Crippen LogP contribution in [0.4, 0.5) is 0 Å². The summed E-state index contributed by atoms with van der Waals surface area (Å²) in [5, 5.41) is 3.20. The first-order chi connectivity index (χ1) is 9.27. The van der Waals surface area contributed by atoms with Crippen molar-refractivity contribution in [3.8, 4) is 11.5 Å². The summed E-state index contributed by atoms with van der Waals surface area (Å²) in [6, 6.07) is 10.3. The van der Waals surface area contributed by atoms with Gasteiger partial charge in [0.25, 0.3) is 0 Å². The summed E-state index contributed by atoms with van der Waals surface area (Å²) in [7, 11) is 0. The zero-order valence-corrected chi connectivity index (χ0v) is 13.0. The Hall–Kier alpha value is -1.22. The van der Waals surface area contributed by atoms with Gasteiger partial charge in [-0.05, 0) is 31.9 Å². The number of ether oxygens (including phenoxy) is 2. The van der Waals surface area contributed by atoms with Gasteiger partial charge in [0.1, 0.15) is 11.5 Å². The number of fused-ring (bicyclic) bond motifs is 1. The zero-order chi connectivity index (χ0) is 13.7. The van der Waals surface area contributed by atoms with E-state index in [-0.39, 0.29) is 0 Å². The van der Waals surface area contributed by atoms with Gasteiger partial charge in [0.15, 0.2) is 0 Å². The standard InChI is InChI=1S/C16H19BrO2/c1-3-18-16-12(2)11-15(19-10-6-9-17)13-7-4-5-8-14(13)16/h4-5,7-8,11H,3,6,9-10H2,1-2H3. The molecule has 0 N–H and O–H groups in total. The Morgan fingerprint density at radius 2 is 1.84 bits per heavy atom. The van der Waals surface area contributed by atoms with Crippen LogP contribution in [-0.4, -0.2) is 18.5 Å². The lowest BCUT2D eigenvalue weighted by molar-refractivity contribution is 0.320. The van der Waals surface area contributed by atoms with Crippen molar-refractivity contribution in [2.24, 2.45) is 0 Å². The highest BCUT2D eigenvalue weighted by Gasteiger charge is 2.11. The Labute approximate surface area is 122 Å². The third-order valence-electron chi connectivity index (χ3n) is 2.97. The highest BCUT2D eigenvalue weighted by molar-refractivity contribution is 9.09. The maximum absolute atomic E-state index is 5.89. The Kier molecular flexibility index (Phi) is 5.08. The third-order valence-corrected chi connectivity index (χ3v) is 3.53. The number of aryl methyl sites for hydroxylation is 1. The lowest BCUT2D eigenvalue weighted by Crippen LogP contribution is -2.01. The van der Waals surface area contributed by atoms with Crippen molar-refractivity contribution in [2.75, 3.05) is 18.5 Å². The van der Waals surface area contributed by atoms with E-state index in [0.717, 1.165) is 46.2 Å². The Balaban J connectivity index is 2.45. The Morgan fingerprint density at radius 1 is 1.11 bits per heavy atom. The molecule has 0 aliphatic rings. The monoisotopic (exact) mass is 322 g/mol. The largest absolute Gasteiger partial charge is 0.493 e. The lowest BCUT2D eigenvalue weighted by atomic mass is 10.0. The van der Waals surface area contributed by atoms with Gasteiger partial charge in [0.05, 0.1) is 13.2 Å². The molecule has 0 aromatic heterocycles. The highest BCUT2D eigenvalue weighted by atomic mass is 79.9. The molecule has 2 aromatic carbocycles. The van der Waals surface area contributed by atoms with E-state index in [1.807, 2.05) is 19.1 Å². The van der Waals surface area contributed by atoms with Gasteiger partial charge in [-0.3, -0.25) is 0 Å². The van der Waals surface area contributed by atoms with Crippen molar-refractivity contribution in [3.63, 3.8) is 0 Å². The van der Waals surface area contributed by atoms with Crippen molar-refractivity contribution >= 4 is 26.7 Å². The predicted octanol–water partition coefficient (Wildman–Crippen LogP) is 4.71. The molecule has 0 saturated heterocycles. The average Bonchev–Trinajstić information content (AvgIpc) is 2.43. The Morgan fingerprint density at radius 3 is 2.53 bits per heavy atom. The summed E-state index contributed by atoms with van der Waals surface area (Å²) in [6.45, 7) is 5.47. The van der Waals surface area contributed by atoms with Gasteiger partial charge in [-0.25, -0.2) is 0 Å². The molecule has 2 nitrogen and oxygen atoms in total. The minimum atomic E-state index is 0.675. The number of halogens is 1. The second kappa shape index (κ2) is 6.80. The quantitative estimate of drug-likeness (QED) is 0.566. The molecule has 3 heteroatoms. The van der Waals surface area contributed by atoms with Crippen molar-refractivity contribution < 1.29 is 9.47 Å². The van der Waals surface area contributed by atoms with E-state index in [4.69, 9.17) is 9.47 Å². The van der Waals surface area contributed by atoms with E-state index >= 15 is 0 Å². The van der Waals surface area contributed by atoms with Crippen LogP contribution in [0.15, 0.2) is 30.3 Å². The molecule has 0 saturated carbocycles. The minimum Gasteiger partial charge on any atom is -0.493 e. The molecule has 0 unspecified atom stereocenters. The van der Waals surface area contributed by atoms with Crippen LogP contribution in [0.25, 0.3) is 10.8 Å². The molecule has 2 rings (SSSR count). The second-order valence-electron chi connectivity index (χ2n) is 4.39. The molecule has 0 aliphatic heterocycles. The molecule has 0 atom stereocenters. The van der Waals surface area contributed by atoms with E-state index in [9.17, 15) is 0 Å². The summed E-state index contributed by atoms with van der Waals surface area (Å²) in [5.41, 5.74) is 1.12. The Bertz CT molecular complexity index is 552. The summed E-state index contributed by atoms with van der Waals surface area (Å²) in [6.07, 6.45) is 1.00. The third kappa shape index (κ3) is 3.21. The van der Waals surface area contributed by atoms with Gasteiger partial charge in [0.2, 0.25) is 0 Å². The molecule has 0 amide bonds. The molecule has 0 radical (unpaired) electrons. The van der Waals surface area contributed by atoms with Gasteiger partial charge in [-0.1, -0.05) is 40.2 Å². The maximum atomic E-state index is 5.89. The maximum Gasteiger partial charge on any atom is 0.130 e. The smallest absolute Gasteiger partial charge is 0.130 e. The molecule has 0 spiro atoms. The second-order valence-corrected chi connectivity index (χ2v) is 5.18. The fourth-order valence-corrected chi connectivity index (χ4v) is 2.37. The van der Waals surface area contributed by atoms with Crippen LogP contribution >= 0.6 is 15.9 Å². The highest BCUT2D eigenvalue weighted by Crippen LogP contribution is 2.36. The van der Waals surface area contributed by atoms with Crippen molar-refractivity contribution in [2.45, 2.75) is 20.3 Å². The number of rotatable bonds is 6. The summed E-state index contributed by atoms with van der Waals surface area (Å²) >= 11 is 3.42. The molecule has 0 aliphatic carbocycles. The summed E-state index contributed by atoms with van der Waals surface area (Å²) in [4.78, 5) is 0. The average molecular weight is 323 g/mol. The molecule has 19 heavy (non-hydrogen) atoms. The fraction of sp³-hybridized carbons (Fsp3) is 0.375. The number of hydrogen-bond acceptors (Lipinski definition) is 2. The first-order valence-electron chi connectivity index (χ1n) is 6.61.